The molecule has 1 N–H and O–H groups in total. The van der Waals surface area contributed by atoms with Gasteiger partial charge in [0.2, 0.25) is 0 Å². The summed E-state index contributed by atoms with van der Waals surface area (Å²) in [6.45, 7) is 11.8. The molecule has 4 rings (SSSR count). The average molecular weight is 530 g/mol. The molecule has 0 unspecified atom stereocenters. The molecule has 37 heavy (non-hydrogen) atoms. The van der Waals surface area contributed by atoms with Crippen LogP contribution in [-0.2, 0) is 4.43 Å². The lowest BCUT2D eigenvalue weighted by Crippen LogP contribution is -2.40. The first kappa shape index (κ1) is 26.8. The van der Waals surface area contributed by atoms with Crippen molar-refractivity contribution >= 4 is 19.7 Å². The molecule has 2 aromatic heterocycles. The monoisotopic (exact) mass is 529 g/mol. The smallest absolute Gasteiger partial charge is 0.192 e. The second-order valence-electron chi connectivity index (χ2n) is 10.5. The summed E-state index contributed by atoms with van der Waals surface area (Å²) in [5.74, 6) is 6.69. The van der Waals surface area contributed by atoms with E-state index >= 15 is 0 Å². The van der Waals surface area contributed by atoms with Crippen LogP contribution in [-0.4, -0.2) is 25.0 Å². The van der Waals surface area contributed by atoms with Crippen LogP contribution in [0, 0.1) is 17.7 Å². The summed E-state index contributed by atoms with van der Waals surface area (Å²) in [5.41, 5.74) is 4.89. The zero-order valence-corrected chi connectivity index (χ0v) is 23.7. The summed E-state index contributed by atoms with van der Waals surface area (Å²) in [5, 5.41) is 10.1. The van der Waals surface area contributed by atoms with Gasteiger partial charge in [-0.15, -0.1) is 11.3 Å². The van der Waals surface area contributed by atoms with Gasteiger partial charge in [0.1, 0.15) is 11.6 Å². The van der Waals surface area contributed by atoms with E-state index in [0.29, 0.717) is 13.0 Å². The van der Waals surface area contributed by atoms with Gasteiger partial charge in [0.25, 0.3) is 0 Å². The van der Waals surface area contributed by atoms with Crippen molar-refractivity contribution in [3.05, 3.63) is 83.8 Å². The van der Waals surface area contributed by atoms with Gasteiger partial charge in [-0.1, -0.05) is 56.9 Å². The second-order valence-corrected chi connectivity index (χ2v) is 16.3. The largest absolute Gasteiger partial charge is 0.508 e. The zero-order valence-electron chi connectivity index (χ0n) is 21.9. The molecule has 190 valence electrons. The Hall–Kier alpha value is -3.24. The van der Waals surface area contributed by atoms with E-state index < -0.39 is 8.32 Å². The van der Waals surface area contributed by atoms with Crippen molar-refractivity contribution in [1.82, 2.24) is 4.98 Å². The summed E-state index contributed by atoms with van der Waals surface area (Å²) in [6, 6.07) is 17.7. The predicted octanol–water partition coefficient (Wildman–Crippen LogP) is 8.75. The number of thiophene rings is 1. The molecule has 0 aliphatic rings. The van der Waals surface area contributed by atoms with Gasteiger partial charge in [-0.25, -0.2) is 4.39 Å². The van der Waals surface area contributed by atoms with Crippen LogP contribution in [0.15, 0.2) is 73.1 Å². The Labute approximate surface area is 224 Å². The molecule has 0 fully saturated rings. The number of hydrogen-bond donors (Lipinski definition) is 1. The van der Waals surface area contributed by atoms with Gasteiger partial charge in [-0.2, -0.15) is 0 Å². The van der Waals surface area contributed by atoms with Crippen LogP contribution in [0.3, 0.4) is 0 Å². The lowest BCUT2D eigenvalue weighted by Gasteiger charge is -2.35. The van der Waals surface area contributed by atoms with Crippen molar-refractivity contribution in [2.75, 3.05) is 6.61 Å². The van der Waals surface area contributed by atoms with Gasteiger partial charge in [-0.3, -0.25) is 4.98 Å². The average Bonchev–Trinajstić information content (AvgIpc) is 3.24. The van der Waals surface area contributed by atoms with Gasteiger partial charge < -0.3 is 9.53 Å². The molecule has 0 aliphatic carbocycles. The highest BCUT2D eigenvalue weighted by molar-refractivity contribution is 7.17. The Balaban J connectivity index is 1.80. The first-order valence-electron chi connectivity index (χ1n) is 12.3. The summed E-state index contributed by atoms with van der Waals surface area (Å²) >= 11 is 1.60. The Kier molecular flexibility index (Phi) is 7.98. The fourth-order valence-electron chi connectivity index (χ4n) is 3.74. The first-order valence-corrected chi connectivity index (χ1v) is 16.0. The third-order valence-corrected chi connectivity index (χ3v) is 12.5. The van der Waals surface area contributed by atoms with Gasteiger partial charge in [-0.05, 0) is 71.2 Å². The summed E-state index contributed by atoms with van der Waals surface area (Å²) in [4.78, 5) is 6.13. The molecule has 0 atom stereocenters. The fraction of sp³-hybridized carbons (Fsp3) is 0.258. The fourth-order valence-corrected chi connectivity index (χ4v) is 6.01. The van der Waals surface area contributed by atoms with E-state index in [1.54, 1.807) is 48.0 Å². The Bertz CT molecular complexity index is 1410. The molecule has 3 nitrogen and oxygen atoms in total. The van der Waals surface area contributed by atoms with E-state index in [4.69, 9.17) is 4.43 Å². The molecular formula is C31H32FNO2SSi. The molecule has 0 saturated carbocycles. The van der Waals surface area contributed by atoms with E-state index in [0.717, 1.165) is 37.6 Å². The van der Waals surface area contributed by atoms with Crippen LogP contribution in [0.4, 0.5) is 4.39 Å². The topological polar surface area (TPSA) is 42.4 Å². The number of aromatic hydroxyl groups is 1. The van der Waals surface area contributed by atoms with Crippen LogP contribution >= 0.6 is 11.3 Å². The third kappa shape index (κ3) is 6.19. The maximum Gasteiger partial charge on any atom is 0.192 e. The first-order chi connectivity index (χ1) is 17.6. The van der Waals surface area contributed by atoms with Crippen LogP contribution in [0.1, 0.15) is 32.1 Å². The number of halogens is 1. The van der Waals surface area contributed by atoms with Crippen molar-refractivity contribution in [3.63, 3.8) is 0 Å². The Morgan fingerprint density at radius 3 is 2.11 bits per heavy atom. The van der Waals surface area contributed by atoms with Crippen LogP contribution < -0.4 is 0 Å². The molecule has 2 heterocycles. The number of rotatable bonds is 6. The molecule has 0 radical (unpaired) electrons. The van der Waals surface area contributed by atoms with Crippen LogP contribution in [0.5, 0.6) is 5.75 Å². The lowest BCUT2D eigenvalue weighted by atomic mass is 9.93. The highest BCUT2D eigenvalue weighted by Crippen LogP contribution is 2.48. The highest BCUT2D eigenvalue weighted by Gasteiger charge is 2.36. The molecule has 0 saturated heterocycles. The van der Waals surface area contributed by atoms with E-state index in [1.807, 2.05) is 24.3 Å². The normalized spacial score (nSPS) is 11.7. The SMILES string of the molecule is CC(C)(C)[Si](C)(C)OCCC#Cc1sc(-c2ccc(F)cc2)c(-c2ccncc2)c1-c1ccc(O)cc1. The molecule has 0 spiro atoms. The minimum atomic E-state index is -1.83. The van der Waals surface area contributed by atoms with Crippen molar-refractivity contribution in [3.8, 4) is 50.3 Å². The molecule has 2 aromatic carbocycles. The van der Waals surface area contributed by atoms with Gasteiger partial charge >= 0.3 is 0 Å². The maximum atomic E-state index is 13.7. The number of aromatic nitrogens is 1. The number of phenols is 1. The van der Waals surface area contributed by atoms with Crippen molar-refractivity contribution in [1.29, 1.82) is 0 Å². The third-order valence-electron chi connectivity index (χ3n) is 6.84. The van der Waals surface area contributed by atoms with Gasteiger partial charge in [0, 0.05) is 41.4 Å². The number of hydrogen-bond acceptors (Lipinski definition) is 4. The van der Waals surface area contributed by atoms with E-state index in [-0.39, 0.29) is 16.6 Å². The van der Waals surface area contributed by atoms with Crippen molar-refractivity contribution in [2.24, 2.45) is 0 Å². The van der Waals surface area contributed by atoms with E-state index in [2.05, 4.69) is 50.7 Å². The lowest BCUT2D eigenvalue weighted by molar-refractivity contribution is 0.296. The quantitative estimate of drug-likeness (QED) is 0.154. The van der Waals surface area contributed by atoms with Crippen LogP contribution in [0.2, 0.25) is 18.1 Å². The van der Waals surface area contributed by atoms with Gasteiger partial charge in [0.05, 0.1) is 4.88 Å². The van der Waals surface area contributed by atoms with E-state index in [1.165, 1.54) is 12.1 Å². The Morgan fingerprint density at radius 1 is 0.892 bits per heavy atom. The standard InChI is InChI=1S/C31H32FNO2SSi/c1-31(2,3)37(4,5)35-21-7-6-8-27-28(22-11-15-26(34)16-12-22)29(23-17-19-33-20-18-23)30(36-27)24-9-13-25(32)14-10-24/h9-20,34H,7,21H2,1-5H3. The number of benzene rings is 2. The van der Waals surface area contributed by atoms with E-state index in [9.17, 15) is 9.50 Å². The second kappa shape index (κ2) is 11.0. The van der Waals surface area contributed by atoms with Crippen molar-refractivity contribution < 1.29 is 13.9 Å². The molecule has 6 heteroatoms. The molecule has 0 amide bonds. The van der Waals surface area contributed by atoms with Gasteiger partial charge in [0.15, 0.2) is 8.32 Å². The molecular weight excluding hydrogens is 497 g/mol. The minimum Gasteiger partial charge on any atom is -0.508 e. The highest BCUT2D eigenvalue weighted by atomic mass is 32.1. The predicted molar refractivity (Wildman–Crippen MR) is 155 cm³/mol. The summed E-state index contributed by atoms with van der Waals surface area (Å²) < 4.78 is 20.1. The molecule has 0 aliphatic heterocycles. The van der Waals surface area contributed by atoms with Crippen molar-refractivity contribution in [2.45, 2.75) is 45.3 Å². The zero-order chi connectivity index (χ0) is 26.6. The summed E-state index contributed by atoms with van der Waals surface area (Å²) in [7, 11) is -1.83. The number of nitrogens with zero attached hydrogens (tertiary/aromatic N) is 1. The van der Waals surface area contributed by atoms with Crippen LogP contribution in [0.25, 0.3) is 32.7 Å². The summed E-state index contributed by atoms with van der Waals surface area (Å²) in [6.07, 6.45) is 4.17. The maximum absolute atomic E-state index is 13.7. The molecule has 4 aromatic rings. The minimum absolute atomic E-state index is 0.156. The molecule has 0 bridgehead atoms. The number of phenolic OH excluding ortho intramolecular Hbond substituents is 1. The number of pyridine rings is 1. The Morgan fingerprint density at radius 2 is 1.49 bits per heavy atom.